The molecule has 6 heteroatoms. The van der Waals surface area contributed by atoms with Crippen molar-refractivity contribution in [1.82, 2.24) is 10.4 Å². The summed E-state index contributed by atoms with van der Waals surface area (Å²) in [4.78, 5) is 16.2. The number of hydrogen-bond donors (Lipinski definition) is 1. The number of carbonyl (C=O) groups is 1. The summed E-state index contributed by atoms with van der Waals surface area (Å²) in [5, 5.41) is 1.68. The van der Waals surface area contributed by atoms with E-state index in [0.29, 0.717) is 6.42 Å². The molecule has 1 N–H and O–H groups in total. The average molecular weight is 291 g/mol. The average Bonchev–Trinajstić information content (AvgIpc) is 2.95. The van der Waals surface area contributed by atoms with Crippen LogP contribution in [0.5, 0.6) is 0 Å². The Labute approximate surface area is 120 Å². The van der Waals surface area contributed by atoms with E-state index >= 15 is 0 Å². The van der Waals surface area contributed by atoms with Crippen molar-refractivity contribution in [2.45, 2.75) is 37.4 Å². The molecule has 110 valence electrons. The van der Waals surface area contributed by atoms with Gasteiger partial charge in [0.25, 0.3) is 0 Å². The number of halogens is 2. The molecular weight excluding hydrogens is 276 g/mol. The smallest absolute Gasteiger partial charge is 0.204 e. The Morgan fingerprint density at radius 1 is 1.19 bits per heavy atom. The first-order valence-electron chi connectivity index (χ1n) is 7.15. The molecule has 5 atom stereocenters. The fraction of sp³-hybridized carbons (Fsp3) is 0.467. The quantitative estimate of drug-likeness (QED) is 0.925. The van der Waals surface area contributed by atoms with Crippen LogP contribution in [0.15, 0.2) is 35.3 Å². The predicted molar refractivity (Wildman–Crippen MR) is 72.9 cm³/mol. The summed E-state index contributed by atoms with van der Waals surface area (Å²) in [6.07, 6.45) is -2.30. The van der Waals surface area contributed by atoms with E-state index in [-0.39, 0.29) is 24.1 Å². The van der Waals surface area contributed by atoms with Crippen LogP contribution in [0.2, 0.25) is 0 Å². The van der Waals surface area contributed by atoms with Gasteiger partial charge in [0.05, 0.1) is 12.0 Å². The van der Waals surface area contributed by atoms with E-state index in [1.54, 1.807) is 5.01 Å². The molecule has 0 aromatic heterocycles. The van der Waals surface area contributed by atoms with E-state index in [2.05, 4.69) is 10.4 Å². The number of alkyl halides is 2. The van der Waals surface area contributed by atoms with Crippen molar-refractivity contribution in [3.8, 4) is 0 Å². The lowest BCUT2D eigenvalue weighted by molar-refractivity contribution is -0.114. The van der Waals surface area contributed by atoms with Crippen molar-refractivity contribution in [3.05, 3.63) is 35.9 Å². The first-order chi connectivity index (χ1) is 10.1. The third kappa shape index (κ3) is 2.05. The second-order valence-electron chi connectivity index (χ2n) is 5.81. The van der Waals surface area contributed by atoms with Gasteiger partial charge in [0, 0.05) is 6.42 Å². The molecule has 3 unspecified atom stereocenters. The van der Waals surface area contributed by atoms with Crippen LogP contribution < -0.4 is 5.43 Å². The van der Waals surface area contributed by atoms with Crippen LogP contribution in [0, 0.1) is 5.92 Å². The van der Waals surface area contributed by atoms with Crippen molar-refractivity contribution in [2.24, 2.45) is 10.9 Å². The van der Waals surface area contributed by atoms with Crippen molar-refractivity contribution >= 4 is 11.6 Å². The van der Waals surface area contributed by atoms with Gasteiger partial charge in [-0.15, -0.1) is 0 Å². The highest BCUT2D eigenvalue weighted by molar-refractivity contribution is 6.40. The second kappa shape index (κ2) is 4.59. The van der Waals surface area contributed by atoms with E-state index in [1.807, 2.05) is 30.3 Å². The Hall–Kier alpha value is -1.82. The van der Waals surface area contributed by atoms with Gasteiger partial charge in [0.2, 0.25) is 5.78 Å². The predicted octanol–water partition coefficient (Wildman–Crippen LogP) is 1.94. The fourth-order valence-electron chi connectivity index (χ4n) is 3.08. The zero-order valence-electron chi connectivity index (χ0n) is 11.2. The Kier molecular flexibility index (Phi) is 2.82. The number of nitrogens with zero attached hydrogens (tertiary/aromatic N) is 2. The summed E-state index contributed by atoms with van der Waals surface area (Å²) in [6.45, 7) is 0. The van der Waals surface area contributed by atoms with Crippen LogP contribution in [-0.2, 0) is 4.79 Å². The maximum atomic E-state index is 14.2. The molecular formula is C15H15F2N3O. The Balaban J connectivity index is 1.56. The van der Waals surface area contributed by atoms with Gasteiger partial charge in [-0.3, -0.25) is 10.2 Å². The number of benzene rings is 1. The molecule has 2 fully saturated rings. The highest BCUT2D eigenvalue weighted by Crippen LogP contribution is 2.40. The summed E-state index contributed by atoms with van der Waals surface area (Å²) >= 11 is 0. The topological polar surface area (TPSA) is 44.7 Å². The third-order valence-corrected chi connectivity index (χ3v) is 4.36. The zero-order chi connectivity index (χ0) is 14.6. The number of hydrogen-bond acceptors (Lipinski definition) is 4. The highest BCUT2D eigenvalue weighted by Gasteiger charge is 2.51. The minimum absolute atomic E-state index is 0.105. The molecule has 1 saturated heterocycles. The molecule has 1 aromatic rings. The van der Waals surface area contributed by atoms with Crippen molar-refractivity contribution in [2.75, 3.05) is 0 Å². The molecule has 0 amide bonds. The van der Waals surface area contributed by atoms with Crippen LogP contribution >= 0.6 is 0 Å². The number of nitrogens with one attached hydrogen (secondary N) is 1. The molecule has 2 aliphatic heterocycles. The Bertz CT molecular complexity index is 606. The van der Waals surface area contributed by atoms with Gasteiger partial charge < -0.3 is 0 Å². The lowest BCUT2D eigenvalue weighted by atomic mass is 10.0. The largest absolute Gasteiger partial charge is 0.298 e. The van der Waals surface area contributed by atoms with Crippen LogP contribution in [0.1, 0.15) is 24.4 Å². The molecule has 4 nitrogen and oxygen atoms in total. The fourth-order valence-corrected chi connectivity index (χ4v) is 3.08. The van der Waals surface area contributed by atoms with Gasteiger partial charge in [0.1, 0.15) is 12.3 Å². The van der Waals surface area contributed by atoms with Gasteiger partial charge in [-0.25, -0.2) is 13.8 Å². The number of hydrazine groups is 1. The summed E-state index contributed by atoms with van der Waals surface area (Å²) in [5.74, 6) is -0.825. The number of Topliss-reactive ketones (excluding diaryl/α,β-unsaturated/α-hetero) is 1. The number of amidine groups is 1. The molecule has 4 rings (SSSR count). The summed E-state index contributed by atoms with van der Waals surface area (Å²) in [5.41, 5.74) is 3.88. The van der Waals surface area contributed by atoms with Crippen LogP contribution in [0.4, 0.5) is 8.78 Å². The summed E-state index contributed by atoms with van der Waals surface area (Å²) in [7, 11) is 0. The third-order valence-electron chi connectivity index (χ3n) is 4.36. The number of rotatable bonds is 3. The first-order valence-corrected chi connectivity index (χ1v) is 7.15. The number of ketones is 1. The highest BCUT2D eigenvalue weighted by atomic mass is 19.1. The van der Waals surface area contributed by atoms with E-state index in [4.69, 9.17) is 0 Å². The van der Waals surface area contributed by atoms with E-state index in [9.17, 15) is 13.6 Å². The summed E-state index contributed by atoms with van der Waals surface area (Å²) < 4.78 is 27.2. The maximum absolute atomic E-state index is 14.2. The zero-order valence-corrected chi connectivity index (χ0v) is 11.2. The van der Waals surface area contributed by atoms with E-state index in [0.717, 1.165) is 5.56 Å². The maximum Gasteiger partial charge on any atom is 0.204 e. The van der Waals surface area contributed by atoms with Crippen LogP contribution in [-0.4, -0.2) is 35.1 Å². The SMILES string of the molecule is O=C(C1=NC2C(F)CC(c3ccccc3)N2N1)[C@@H]1C[C@@H]1F. The number of aliphatic imine (C=N–C) groups is 1. The molecule has 0 spiro atoms. The lowest BCUT2D eigenvalue weighted by Gasteiger charge is -2.23. The van der Waals surface area contributed by atoms with Crippen LogP contribution in [0.3, 0.4) is 0 Å². The van der Waals surface area contributed by atoms with Gasteiger partial charge in [-0.2, -0.15) is 5.01 Å². The van der Waals surface area contributed by atoms with Crippen LogP contribution in [0.25, 0.3) is 0 Å². The van der Waals surface area contributed by atoms with Gasteiger partial charge in [0.15, 0.2) is 12.0 Å². The molecule has 0 bridgehead atoms. The second-order valence-corrected chi connectivity index (χ2v) is 5.81. The first kappa shape index (κ1) is 12.9. The number of carbonyl (C=O) groups excluding carboxylic acids is 1. The van der Waals surface area contributed by atoms with Crippen molar-refractivity contribution < 1.29 is 13.6 Å². The van der Waals surface area contributed by atoms with E-state index in [1.165, 1.54) is 0 Å². The molecule has 1 saturated carbocycles. The van der Waals surface area contributed by atoms with Gasteiger partial charge >= 0.3 is 0 Å². The molecule has 21 heavy (non-hydrogen) atoms. The molecule has 0 radical (unpaired) electrons. The van der Waals surface area contributed by atoms with Gasteiger partial charge in [-0.05, 0) is 12.0 Å². The van der Waals surface area contributed by atoms with E-state index < -0.39 is 24.4 Å². The number of fused-ring (bicyclic) bond motifs is 1. The van der Waals surface area contributed by atoms with Crippen molar-refractivity contribution in [3.63, 3.8) is 0 Å². The summed E-state index contributed by atoms with van der Waals surface area (Å²) in [6, 6.07) is 9.40. The Morgan fingerprint density at radius 2 is 1.90 bits per heavy atom. The monoisotopic (exact) mass is 291 g/mol. The molecule has 2 heterocycles. The normalized spacial score (nSPS) is 37.8. The standard InChI is InChI=1S/C15H15F2N3O/c16-10-6-9(10)13(21)14-18-15-11(17)7-12(20(15)19-14)8-4-2-1-3-5-8/h1-5,9-12,15H,6-7H2,(H,18,19)/t9-,10+,11?,12?,15?/m1/s1. The molecule has 3 aliphatic rings. The Morgan fingerprint density at radius 3 is 2.57 bits per heavy atom. The lowest BCUT2D eigenvalue weighted by Crippen LogP contribution is -2.42. The minimum atomic E-state index is -1.13. The molecule has 1 aromatic carbocycles. The molecule has 1 aliphatic carbocycles. The minimum Gasteiger partial charge on any atom is -0.298 e. The van der Waals surface area contributed by atoms with Crippen molar-refractivity contribution in [1.29, 1.82) is 0 Å². The van der Waals surface area contributed by atoms with Gasteiger partial charge in [-0.1, -0.05) is 30.3 Å².